The first-order chi connectivity index (χ1) is 6.24. The molecule has 1 unspecified atom stereocenters. The Kier molecular flexibility index (Phi) is 3.58. The van der Waals surface area contributed by atoms with Gasteiger partial charge in [0.15, 0.2) is 0 Å². The van der Waals surface area contributed by atoms with Crippen molar-refractivity contribution < 1.29 is 0 Å². The van der Waals surface area contributed by atoms with Crippen LogP contribution in [-0.4, -0.2) is 9.97 Å². The zero-order chi connectivity index (χ0) is 9.68. The smallest absolute Gasteiger partial charge is 0.115 e. The van der Waals surface area contributed by atoms with E-state index < -0.39 is 0 Å². The molecule has 1 rings (SSSR count). The van der Waals surface area contributed by atoms with Crippen LogP contribution in [0.2, 0.25) is 0 Å². The Bertz CT molecular complexity index is 269. The first kappa shape index (κ1) is 9.86. The lowest BCUT2D eigenvalue weighted by Crippen LogP contribution is -2.12. The van der Waals surface area contributed by atoms with Gasteiger partial charge in [-0.15, -0.1) is 0 Å². The highest BCUT2D eigenvalue weighted by Gasteiger charge is 2.07. The van der Waals surface area contributed by atoms with Crippen molar-refractivity contribution in [1.29, 1.82) is 0 Å². The maximum atomic E-state index is 5.92. The molecule has 3 heteroatoms. The maximum absolute atomic E-state index is 5.92. The van der Waals surface area contributed by atoms with Gasteiger partial charge in [0.05, 0.1) is 11.7 Å². The van der Waals surface area contributed by atoms with Gasteiger partial charge in [0.1, 0.15) is 6.33 Å². The van der Waals surface area contributed by atoms with Crippen LogP contribution in [0.1, 0.15) is 31.5 Å². The third-order valence-corrected chi connectivity index (χ3v) is 1.99. The Hall–Kier alpha value is -1.22. The molecule has 70 valence electrons. The van der Waals surface area contributed by atoms with Crippen LogP contribution < -0.4 is 5.73 Å². The van der Waals surface area contributed by atoms with Crippen molar-refractivity contribution in [3.63, 3.8) is 0 Å². The van der Waals surface area contributed by atoms with Crippen LogP contribution in [0.15, 0.2) is 30.7 Å². The number of nitrogens with zero attached hydrogens (tertiary/aromatic N) is 2. The van der Waals surface area contributed by atoms with Crippen LogP contribution >= 0.6 is 0 Å². The van der Waals surface area contributed by atoms with Crippen LogP contribution in [0.4, 0.5) is 0 Å². The lowest BCUT2D eigenvalue weighted by atomic mass is 10.0. The minimum absolute atomic E-state index is 0.0459. The quantitative estimate of drug-likeness (QED) is 0.714. The monoisotopic (exact) mass is 177 g/mol. The van der Waals surface area contributed by atoms with Crippen LogP contribution in [0, 0.1) is 0 Å². The fraction of sp³-hybridized carbons (Fsp3) is 0.400. The van der Waals surface area contributed by atoms with Crippen molar-refractivity contribution in [3.05, 3.63) is 36.4 Å². The van der Waals surface area contributed by atoms with Gasteiger partial charge >= 0.3 is 0 Å². The molecule has 0 saturated carbocycles. The molecule has 0 bridgehead atoms. The highest BCUT2D eigenvalue weighted by Crippen LogP contribution is 2.16. The average molecular weight is 177 g/mol. The van der Waals surface area contributed by atoms with Crippen LogP contribution in [0.5, 0.6) is 0 Å². The molecule has 2 N–H and O–H groups in total. The lowest BCUT2D eigenvalue weighted by Gasteiger charge is -2.10. The second-order valence-electron chi connectivity index (χ2n) is 3.05. The van der Waals surface area contributed by atoms with Crippen molar-refractivity contribution in [1.82, 2.24) is 9.97 Å². The number of rotatable bonds is 4. The zero-order valence-electron chi connectivity index (χ0n) is 7.90. The van der Waals surface area contributed by atoms with Gasteiger partial charge in [0.2, 0.25) is 0 Å². The Labute approximate surface area is 78.7 Å². The SMILES string of the molecule is C=C(CC)CC(N)c1ccncn1. The third-order valence-electron chi connectivity index (χ3n) is 1.99. The van der Waals surface area contributed by atoms with Crippen LogP contribution in [0.3, 0.4) is 0 Å². The molecule has 0 aliphatic carbocycles. The number of aromatic nitrogens is 2. The van der Waals surface area contributed by atoms with E-state index in [2.05, 4.69) is 23.5 Å². The molecule has 1 aromatic heterocycles. The van der Waals surface area contributed by atoms with E-state index in [9.17, 15) is 0 Å². The summed E-state index contributed by atoms with van der Waals surface area (Å²) in [6.45, 7) is 5.99. The van der Waals surface area contributed by atoms with Crippen molar-refractivity contribution in [3.8, 4) is 0 Å². The van der Waals surface area contributed by atoms with Gasteiger partial charge in [-0.1, -0.05) is 19.1 Å². The summed E-state index contributed by atoms with van der Waals surface area (Å²) < 4.78 is 0. The second kappa shape index (κ2) is 4.72. The van der Waals surface area contributed by atoms with E-state index in [1.807, 2.05) is 6.07 Å². The molecule has 1 atom stereocenters. The topological polar surface area (TPSA) is 51.8 Å². The van der Waals surface area contributed by atoms with E-state index in [0.717, 1.165) is 24.1 Å². The summed E-state index contributed by atoms with van der Waals surface area (Å²) in [5.41, 5.74) is 7.96. The Morgan fingerprint density at radius 2 is 2.46 bits per heavy atom. The minimum atomic E-state index is -0.0459. The van der Waals surface area contributed by atoms with E-state index in [1.54, 1.807) is 6.20 Å². The van der Waals surface area contributed by atoms with E-state index >= 15 is 0 Å². The van der Waals surface area contributed by atoms with Gasteiger partial charge < -0.3 is 5.73 Å². The van der Waals surface area contributed by atoms with Crippen LogP contribution in [-0.2, 0) is 0 Å². The molecule has 0 aromatic carbocycles. The van der Waals surface area contributed by atoms with Gasteiger partial charge in [-0.25, -0.2) is 9.97 Å². The van der Waals surface area contributed by atoms with Crippen LogP contribution in [0.25, 0.3) is 0 Å². The van der Waals surface area contributed by atoms with Gasteiger partial charge in [-0.2, -0.15) is 0 Å². The van der Waals surface area contributed by atoms with E-state index in [4.69, 9.17) is 5.73 Å². The summed E-state index contributed by atoms with van der Waals surface area (Å²) in [7, 11) is 0. The molecule has 0 amide bonds. The minimum Gasteiger partial charge on any atom is -0.322 e. The summed E-state index contributed by atoms with van der Waals surface area (Å²) in [4.78, 5) is 7.93. The highest BCUT2D eigenvalue weighted by molar-refractivity contribution is 5.08. The van der Waals surface area contributed by atoms with Gasteiger partial charge in [-0.3, -0.25) is 0 Å². The molecule has 3 nitrogen and oxygen atoms in total. The first-order valence-electron chi connectivity index (χ1n) is 4.42. The molecule has 1 heterocycles. The molecule has 0 aliphatic rings. The molecular formula is C10H15N3. The Balaban J connectivity index is 2.59. The van der Waals surface area contributed by atoms with Gasteiger partial charge in [-0.05, 0) is 18.9 Å². The number of hydrogen-bond donors (Lipinski definition) is 1. The predicted octanol–water partition coefficient (Wildman–Crippen LogP) is 1.83. The molecule has 1 aromatic rings. The first-order valence-corrected chi connectivity index (χ1v) is 4.42. The van der Waals surface area contributed by atoms with Gasteiger partial charge in [0.25, 0.3) is 0 Å². The molecule has 13 heavy (non-hydrogen) atoms. The van der Waals surface area contributed by atoms with Crippen molar-refractivity contribution in [2.45, 2.75) is 25.8 Å². The normalized spacial score (nSPS) is 12.5. The van der Waals surface area contributed by atoms with E-state index in [0.29, 0.717) is 0 Å². The summed E-state index contributed by atoms with van der Waals surface area (Å²) in [5, 5.41) is 0. The average Bonchev–Trinajstić information content (AvgIpc) is 2.19. The molecular weight excluding hydrogens is 162 g/mol. The summed E-state index contributed by atoms with van der Waals surface area (Å²) in [6.07, 6.45) is 4.99. The summed E-state index contributed by atoms with van der Waals surface area (Å²) >= 11 is 0. The van der Waals surface area contributed by atoms with Crippen molar-refractivity contribution in [2.75, 3.05) is 0 Å². The number of hydrogen-bond acceptors (Lipinski definition) is 3. The molecule has 0 fully saturated rings. The zero-order valence-corrected chi connectivity index (χ0v) is 7.90. The van der Waals surface area contributed by atoms with E-state index in [-0.39, 0.29) is 6.04 Å². The largest absolute Gasteiger partial charge is 0.322 e. The predicted molar refractivity (Wildman–Crippen MR) is 53.0 cm³/mol. The highest BCUT2D eigenvalue weighted by atomic mass is 14.8. The van der Waals surface area contributed by atoms with Gasteiger partial charge in [0, 0.05) is 6.20 Å². The molecule has 0 spiro atoms. The summed E-state index contributed by atoms with van der Waals surface area (Å²) in [6, 6.07) is 1.79. The fourth-order valence-electron chi connectivity index (χ4n) is 1.08. The molecule has 0 radical (unpaired) electrons. The fourth-order valence-corrected chi connectivity index (χ4v) is 1.08. The van der Waals surface area contributed by atoms with Crippen molar-refractivity contribution in [2.24, 2.45) is 5.73 Å². The number of nitrogens with two attached hydrogens (primary N) is 1. The third kappa shape index (κ3) is 2.95. The maximum Gasteiger partial charge on any atom is 0.115 e. The Morgan fingerprint density at radius 1 is 1.69 bits per heavy atom. The summed E-state index contributed by atoms with van der Waals surface area (Å²) in [5.74, 6) is 0. The second-order valence-corrected chi connectivity index (χ2v) is 3.05. The lowest BCUT2D eigenvalue weighted by molar-refractivity contribution is 0.676. The van der Waals surface area contributed by atoms with E-state index in [1.165, 1.54) is 6.33 Å². The molecule has 0 saturated heterocycles. The molecule has 0 aliphatic heterocycles. The van der Waals surface area contributed by atoms with Crippen molar-refractivity contribution >= 4 is 0 Å². The Morgan fingerprint density at radius 3 is 3.00 bits per heavy atom. The standard InChI is InChI=1S/C10H15N3/c1-3-8(2)6-9(11)10-4-5-12-7-13-10/h4-5,7,9H,2-3,6,11H2,1H3.